The minimum absolute atomic E-state index is 0.0815. The zero-order valence-corrected chi connectivity index (χ0v) is 15.9. The molecule has 2 heterocycles. The minimum atomic E-state index is -0.268. The molecule has 0 aliphatic carbocycles. The molecule has 0 saturated carbocycles. The van der Waals surface area contributed by atoms with E-state index < -0.39 is 0 Å². The first kappa shape index (κ1) is 17.5. The van der Waals surface area contributed by atoms with Crippen molar-refractivity contribution in [1.29, 1.82) is 0 Å². The van der Waals surface area contributed by atoms with E-state index >= 15 is 0 Å². The van der Waals surface area contributed by atoms with Crippen LogP contribution in [0.4, 0.5) is 0 Å². The Morgan fingerprint density at radius 3 is 2.75 bits per heavy atom. The molecule has 1 aromatic carbocycles. The molecule has 6 heteroatoms. The summed E-state index contributed by atoms with van der Waals surface area (Å²) in [5, 5.41) is 3.19. The summed E-state index contributed by atoms with van der Waals surface area (Å²) in [5.41, 5.74) is 1.58. The maximum absolute atomic E-state index is 12.6. The fourth-order valence-corrected chi connectivity index (χ4v) is 4.21. The number of ether oxygens (including phenoxy) is 1. The van der Waals surface area contributed by atoms with Gasteiger partial charge in [0, 0.05) is 34.7 Å². The van der Waals surface area contributed by atoms with Gasteiger partial charge in [-0.1, -0.05) is 0 Å². The van der Waals surface area contributed by atoms with Gasteiger partial charge in [0.05, 0.1) is 22.9 Å². The molecule has 1 amide bonds. The number of nitrogens with zero attached hydrogens (tertiary/aromatic N) is 2. The number of hydrogen-bond acceptors (Lipinski definition) is 5. The molecule has 4 nitrogen and oxygen atoms in total. The van der Waals surface area contributed by atoms with E-state index in [-0.39, 0.29) is 11.5 Å². The van der Waals surface area contributed by atoms with Crippen LogP contribution < -0.4 is 0 Å². The van der Waals surface area contributed by atoms with Crippen LogP contribution in [0, 0.1) is 6.92 Å². The summed E-state index contributed by atoms with van der Waals surface area (Å²) in [6, 6.07) is 7.87. The Morgan fingerprint density at radius 1 is 1.38 bits per heavy atom. The SMILES string of the molecule is Cc1nc(CSc2ccc(C(=O)N3CCOC(C)(C)C3)cc2)cs1. The highest BCUT2D eigenvalue weighted by molar-refractivity contribution is 7.98. The second-order valence-electron chi connectivity index (χ2n) is 6.51. The van der Waals surface area contributed by atoms with Crippen LogP contribution in [0.1, 0.15) is 34.9 Å². The van der Waals surface area contributed by atoms with Crippen molar-refractivity contribution in [2.75, 3.05) is 19.7 Å². The second kappa shape index (κ2) is 7.25. The Kier molecular flexibility index (Phi) is 5.27. The van der Waals surface area contributed by atoms with E-state index in [0.717, 1.165) is 26.9 Å². The number of hydrogen-bond donors (Lipinski definition) is 0. The standard InChI is InChI=1S/C18H22N2O2S2/c1-13-19-15(10-23-13)11-24-16-6-4-14(5-7-16)17(21)20-8-9-22-18(2,3)12-20/h4-7,10H,8-9,11-12H2,1-3H3. The molecule has 3 rings (SSSR count). The molecular formula is C18H22N2O2S2. The normalized spacial score (nSPS) is 17.0. The number of benzene rings is 1. The molecule has 0 spiro atoms. The molecule has 1 aliphatic rings. The lowest BCUT2D eigenvalue weighted by molar-refractivity contribution is -0.0764. The number of carbonyl (C=O) groups excluding carboxylic acids is 1. The van der Waals surface area contributed by atoms with E-state index in [1.807, 2.05) is 49.9 Å². The molecule has 0 N–H and O–H groups in total. The lowest BCUT2D eigenvalue weighted by atomic mass is 10.1. The van der Waals surface area contributed by atoms with Crippen LogP contribution in [-0.4, -0.2) is 41.1 Å². The summed E-state index contributed by atoms with van der Waals surface area (Å²) in [5.74, 6) is 0.938. The van der Waals surface area contributed by atoms with Crippen molar-refractivity contribution in [1.82, 2.24) is 9.88 Å². The van der Waals surface area contributed by atoms with Gasteiger partial charge in [-0.25, -0.2) is 4.98 Å². The molecule has 128 valence electrons. The highest BCUT2D eigenvalue weighted by Gasteiger charge is 2.30. The number of aromatic nitrogens is 1. The number of thioether (sulfide) groups is 1. The van der Waals surface area contributed by atoms with E-state index in [2.05, 4.69) is 10.4 Å². The topological polar surface area (TPSA) is 42.4 Å². The van der Waals surface area contributed by atoms with E-state index in [9.17, 15) is 4.79 Å². The van der Waals surface area contributed by atoms with Gasteiger partial charge in [-0.3, -0.25) is 4.79 Å². The first-order valence-electron chi connectivity index (χ1n) is 8.00. The highest BCUT2D eigenvalue weighted by Crippen LogP contribution is 2.25. The maximum Gasteiger partial charge on any atom is 0.254 e. The van der Waals surface area contributed by atoms with Crippen molar-refractivity contribution in [2.24, 2.45) is 0 Å². The van der Waals surface area contributed by atoms with Gasteiger partial charge < -0.3 is 9.64 Å². The van der Waals surface area contributed by atoms with Crippen molar-refractivity contribution >= 4 is 29.0 Å². The minimum Gasteiger partial charge on any atom is -0.372 e. The molecule has 2 aromatic rings. The van der Waals surface area contributed by atoms with E-state index in [4.69, 9.17) is 4.74 Å². The van der Waals surface area contributed by atoms with Gasteiger partial charge in [-0.05, 0) is 45.0 Å². The van der Waals surface area contributed by atoms with Crippen LogP contribution in [-0.2, 0) is 10.5 Å². The summed E-state index contributed by atoms with van der Waals surface area (Å²) in [6.07, 6.45) is 0. The van der Waals surface area contributed by atoms with Gasteiger partial charge in [0.1, 0.15) is 0 Å². The number of amides is 1. The Morgan fingerprint density at radius 2 is 2.12 bits per heavy atom. The molecule has 0 atom stereocenters. The molecule has 1 saturated heterocycles. The van der Waals surface area contributed by atoms with Crippen LogP contribution in [0.15, 0.2) is 34.5 Å². The number of rotatable bonds is 4. The summed E-state index contributed by atoms with van der Waals surface area (Å²) < 4.78 is 5.67. The molecule has 1 aromatic heterocycles. The Labute approximate surface area is 151 Å². The highest BCUT2D eigenvalue weighted by atomic mass is 32.2. The van der Waals surface area contributed by atoms with Gasteiger partial charge in [0.15, 0.2) is 0 Å². The van der Waals surface area contributed by atoms with Crippen LogP contribution in [0.5, 0.6) is 0 Å². The summed E-state index contributed by atoms with van der Waals surface area (Å²) in [6.45, 7) is 7.94. The van der Waals surface area contributed by atoms with E-state index in [1.165, 1.54) is 0 Å². The van der Waals surface area contributed by atoms with Gasteiger partial charge in [-0.15, -0.1) is 23.1 Å². The van der Waals surface area contributed by atoms with Crippen molar-refractivity contribution in [3.63, 3.8) is 0 Å². The van der Waals surface area contributed by atoms with Crippen LogP contribution in [0.3, 0.4) is 0 Å². The molecule has 0 bridgehead atoms. The molecule has 24 heavy (non-hydrogen) atoms. The van der Waals surface area contributed by atoms with E-state index in [0.29, 0.717) is 19.7 Å². The van der Waals surface area contributed by atoms with Gasteiger partial charge in [-0.2, -0.15) is 0 Å². The summed E-state index contributed by atoms with van der Waals surface area (Å²) >= 11 is 3.42. The van der Waals surface area contributed by atoms with Gasteiger partial charge in [0.2, 0.25) is 0 Å². The number of thiazole rings is 1. The number of morpholine rings is 1. The van der Waals surface area contributed by atoms with Crippen LogP contribution in [0.25, 0.3) is 0 Å². The van der Waals surface area contributed by atoms with E-state index in [1.54, 1.807) is 23.1 Å². The predicted octanol–water partition coefficient (Wildman–Crippen LogP) is 3.99. The third kappa shape index (κ3) is 4.37. The number of carbonyl (C=O) groups is 1. The largest absolute Gasteiger partial charge is 0.372 e. The zero-order valence-electron chi connectivity index (χ0n) is 14.2. The maximum atomic E-state index is 12.6. The molecule has 0 radical (unpaired) electrons. The third-order valence-electron chi connectivity index (χ3n) is 3.87. The third-order valence-corrected chi connectivity index (χ3v) is 5.74. The smallest absolute Gasteiger partial charge is 0.254 e. The van der Waals surface area contributed by atoms with Crippen molar-refractivity contribution < 1.29 is 9.53 Å². The van der Waals surface area contributed by atoms with Crippen LogP contribution >= 0.6 is 23.1 Å². The van der Waals surface area contributed by atoms with Crippen molar-refractivity contribution in [3.8, 4) is 0 Å². The monoisotopic (exact) mass is 362 g/mol. The lowest BCUT2D eigenvalue weighted by Gasteiger charge is -2.38. The number of aryl methyl sites for hydroxylation is 1. The molecule has 0 unspecified atom stereocenters. The lowest BCUT2D eigenvalue weighted by Crippen LogP contribution is -2.50. The fraction of sp³-hybridized carbons (Fsp3) is 0.444. The van der Waals surface area contributed by atoms with Crippen molar-refractivity contribution in [2.45, 2.75) is 37.0 Å². The Balaban J connectivity index is 1.60. The fourth-order valence-electron chi connectivity index (χ4n) is 2.70. The molecule has 1 fully saturated rings. The summed E-state index contributed by atoms with van der Waals surface area (Å²) in [7, 11) is 0. The van der Waals surface area contributed by atoms with Gasteiger partial charge >= 0.3 is 0 Å². The molecular weight excluding hydrogens is 340 g/mol. The van der Waals surface area contributed by atoms with Crippen molar-refractivity contribution in [3.05, 3.63) is 45.9 Å². The second-order valence-corrected chi connectivity index (χ2v) is 8.62. The first-order chi connectivity index (χ1) is 11.4. The average molecular weight is 363 g/mol. The average Bonchev–Trinajstić information content (AvgIpc) is 2.97. The Bertz CT molecular complexity index is 710. The first-order valence-corrected chi connectivity index (χ1v) is 9.87. The molecule has 1 aliphatic heterocycles. The Hall–Kier alpha value is -1.37. The zero-order chi connectivity index (χ0) is 17.2. The predicted molar refractivity (Wildman–Crippen MR) is 98.8 cm³/mol. The van der Waals surface area contributed by atoms with Gasteiger partial charge in [0.25, 0.3) is 5.91 Å². The quantitative estimate of drug-likeness (QED) is 0.771. The summed E-state index contributed by atoms with van der Waals surface area (Å²) in [4.78, 5) is 20.1. The van der Waals surface area contributed by atoms with Crippen LogP contribution in [0.2, 0.25) is 0 Å².